The molecule has 1 atom stereocenters. The van der Waals surface area contributed by atoms with E-state index in [1.165, 1.54) is 0 Å². The van der Waals surface area contributed by atoms with Crippen molar-refractivity contribution in [1.29, 1.82) is 0 Å². The highest BCUT2D eigenvalue weighted by atomic mass is 35.5. The number of halogens is 2. The van der Waals surface area contributed by atoms with Crippen LogP contribution >= 0.6 is 23.2 Å². The molecule has 3 aromatic carbocycles. The summed E-state index contributed by atoms with van der Waals surface area (Å²) in [6.45, 7) is 4.13. The third-order valence-corrected chi connectivity index (χ3v) is 7.84. The summed E-state index contributed by atoms with van der Waals surface area (Å²) < 4.78 is 0. The van der Waals surface area contributed by atoms with Crippen molar-refractivity contribution >= 4 is 40.8 Å². The predicted octanol–water partition coefficient (Wildman–Crippen LogP) is 6.00. The van der Waals surface area contributed by atoms with Gasteiger partial charge in [0, 0.05) is 31.7 Å². The van der Waals surface area contributed by atoms with Crippen LogP contribution in [-0.4, -0.2) is 64.5 Å². The minimum Gasteiger partial charge on any atom is -0.352 e. The van der Waals surface area contributed by atoms with E-state index in [0.717, 1.165) is 16.9 Å². The van der Waals surface area contributed by atoms with Gasteiger partial charge in [-0.25, -0.2) is 0 Å². The van der Waals surface area contributed by atoms with Gasteiger partial charge in [-0.1, -0.05) is 83.9 Å². The highest BCUT2D eigenvalue weighted by molar-refractivity contribution is 6.34. The number of hydrogen-bond donors (Lipinski definition) is 0. The van der Waals surface area contributed by atoms with Gasteiger partial charge in [-0.2, -0.15) is 0 Å². The van der Waals surface area contributed by atoms with E-state index in [1.54, 1.807) is 34.1 Å². The van der Waals surface area contributed by atoms with Crippen LogP contribution in [0.25, 0.3) is 11.3 Å². The van der Waals surface area contributed by atoms with Gasteiger partial charge >= 0.3 is 0 Å². The summed E-state index contributed by atoms with van der Waals surface area (Å²) in [4.78, 5) is 32.6. The molecule has 0 radical (unpaired) electrons. The number of aromatic nitrogens is 2. The Balaban J connectivity index is 1.26. The standard InChI is InChI=1S/C31H29Cl2N5O2/c1-22(23-9-3-2-4-10-23)38(31(40)25-12-6-8-14-27(25)33)21-30(39)37-19-17-36(18-20-37)29-16-15-28(34-35-29)24-11-5-7-13-26(24)32/h2-16,22H,17-21H2,1H3/t22-/m1/s1. The largest absolute Gasteiger partial charge is 0.352 e. The Morgan fingerprint density at radius 1 is 0.800 bits per heavy atom. The maximum atomic E-state index is 13.6. The molecule has 0 bridgehead atoms. The van der Waals surface area contributed by atoms with E-state index < -0.39 is 0 Å². The number of hydrogen-bond acceptors (Lipinski definition) is 5. The average molecular weight is 575 g/mol. The fourth-order valence-corrected chi connectivity index (χ4v) is 5.27. The molecule has 9 heteroatoms. The molecule has 4 aromatic rings. The minimum atomic E-state index is -0.317. The number of benzene rings is 3. The summed E-state index contributed by atoms with van der Waals surface area (Å²) >= 11 is 12.7. The molecule has 2 amide bonds. The molecule has 1 saturated heterocycles. The Bertz CT molecular complexity index is 1470. The first-order valence-corrected chi connectivity index (χ1v) is 13.9. The Morgan fingerprint density at radius 3 is 2.10 bits per heavy atom. The third kappa shape index (κ3) is 6.11. The smallest absolute Gasteiger partial charge is 0.256 e. The van der Waals surface area contributed by atoms with Crippen LogP contribution in [0.1, 0.15) is 28.9 Å². The van der Waals surface area contributed by atoms with E-state index in [1.807, 2.05) is 73.7 Å². The van der Waals surface area contributed by atoms with Crippen LogP contribution in [0.3, 0.4) is 0 Å². The van der Waals surface area contributed by atoms with Crippen LogP contribution in [0.2, 0.25) is 10.0 Å². The number of carbonyl (C=O) groups is 2. The second-order valence-corrected chi connectivity index (χ2v) is 10.4. The van der Waals surface area contributed by atoms with Gasteiger partial charge in [0.05, 0.1) is 27.3 Å². The zero-order valence-electron chi connectivity index (χ0n) is 22.1. The first kappa shape index (κ1) is 27.6. The van der Waals surface area contributed by atoms with E-state index >= 15 is 0 Å². The van der Waals surface area contributed by atoms with Crippen molar-refractivity contribution in [3.63, 3.8) is 0 Å². The van der Waals surface area contributed by atoms with E-state index in [4.69, 9.17) is 23.2 Å². The normalized spacial score (nSPS) is 14.1. The van der Waals surface area contributed by atoms with Crippen LogP contribution in [0.5, 0.6) is 0 Å². The molecular formula is C31H29Cl2N5O2. The summed E-state index contributed by atoms with van der Waals surface area (Å²) in [6, 6.07) is 27.7. The van der Waals surface area contributed by atoms with Crippen molar-refractivity contribution < 1.29 is 9.59 Å². The summed E-state index contributed by atoms with van der Waals surface area (Å²) in [7, 11) is 0. The quantitative estimate of drug-likeness (QED) is 0.271. The summed E-state index contributed by atoms with van der Waals surface area (Å²) in [5, 5.41) is 9.77. The van der Waals surface area contributed by atoms with Crippen LogP contribution in [0, 0.1) is 0 Å². The van der Waals surface area contributed by atoms with Gasteiger partial charge in [0.2, 0.25) is 5.91 Å². The third-order valence-electron chi connectivity index (χ3n) is 7.18. The lowest BCUT2D eigenvalue weighted by molar-refractivity contribution is -0.132. The number of amides is 2. The summed E-state index contributed by atoms with van der Waals surface area (Å²) in [5.41, 5.74) is 2.86. The van der Waals surface area contributed by atoms with Gasteiger partial charge in [-0.3, -0.25) is 9.59 Å². The molecule has 0 N–H and O–H groups in total. The predicted molar refractivity (Wildman–Crippen MR) is 159 cm³/mol. The van der Waals surface area contributed by atoms with E-state index in [-0.39, 0.29) is 24.4 Å². The summed E-state index contributed by atoms with van der Waals surface area (Å²) in [5.74, 6) is 0.363. The number of rotatable bonds is 7. The first-order chi connectivity index (χ1) is 19.4. The Labute approximate surface area is 243 Å². The molecule has 5 rings (SSSR count). The molecule has 1 aromatic heterocycles. The number of carbonyl (C=O) groups excluding carboxylic acids is 2. The van der Waals surface area contributed by atoms with Gasteiger partial charge in [0.15, 0.2) is 5.82 Å². The Kier molecular flexibility index (Phi) is 8.63. The van der Waals surface area contributed by atoms with Crippen LogP contribution < -0.4 is 4.90 Å². The fraction of sp³-hybridized carbons (Fsp3) is 0.226. The molecule has 2 heterocycles. The molecule has 1 fully saturated rings. The molecule has 40 heavy (non-hydrogen) atoms. The molecule has 1 aliphatic heterocycles. The van der Waals surface area contributed by atoms with Crippen molar-refractivity contribution in [2.45, 2.75) is 13.0 Å². The van der Waals surface area contributed by atoms with E-state index in [2.05, 4.69) is 15.1 Å². The second-order valence-electron chi connectivity index (χ2n) is 9.62. The van der Waals surface area contributed by atoms with Crippen molar-refractivity contribution in [2.75, 3.05) is 37.6 Å². The van der Waals surface area contributed by atoms with Gasteiger partial charge in [-0.05, 0) is 42.8 Å². The lowest BCUT2D eigenvalue weighted by Crippen LogP contribution is -2.52. The van der Waals surface area contributed by atoms with Crippen molar-refractivity contribution in [3.8, 4) is 11.3 Å². The molecule has 204 valence electrons. The van der Waals surface area contributed by atoms with Crippen LogP contribution in [0.15, 0.2) is 91.0 Å². The molecular weight excluding hydrogens is 545 g/mol. The molecule has 0 spiro atoms. The highest BCUT2D eigenvalue weighted by Gasteiger charge is 2.30. The number of piperazine rings is 1. The van der Waals surface area contributed by atoms with Gasteiger partial charge in [0.1, 0.15) is 6.54 Å². The fourth-order valence-electron chi connectivity index (χ4n) is 4.82. The van der Waals surface area contributed by atoms with Gasteiger partial charge in [0.25, 0.3) is 5.91 Å². The minimum absolute atomic E-state index is 0.0492. The molecule has 1 aliphatic rings. The monoisotopic (exact) mass is 573 g/mol. The van der Waals surface area contributed by atoms with Crippen molar-refractivity contribution in [2.24, 2.45) is 0 Å². The van der Waals surface area contributed by atoms with E-state index in [9.17, 15) is 9.59 Å². The maximum Gasteiger partial charge on any atom is 0.256 e. The van der Waals surface area contributed by atoms with Crippen LogP contribution in [0.4, 0.5) is 5.82 Å². The summed E-state index contributed by atoms with van der Waals surface area (Å²) in [6.07, 6.45) is 0. The molecule has 0 unspecified atom stereocenters. The van der Waals surface area contributed by atoms with E-state index in [0.29, 0.717) is 47.5 Å². The number of anilines is 1. The molecule has 7 nitrogen and oxygen atoms in total. The number of nitrogens with zero attached hydrogens (tertiary/aromatic N) is 5. The average Bonchev–Trinajstić information content (AvgIpc) is 3.00. The molecule has 0 aliphatic carbocycles. The van der Waals surface area contributed by atoms with Gasteiger partial charge < -0.3 is 14.7 Å². The highest BCUT2D eigenvalue weighted by Crippen LogP contribution is 2.27. The van der Waals surface area contributed by atoms with Crippen LogP contribution in [-0.2, 0) is 4.79 Å². The lowest BCUT2D eigenvalue weighted by atomic mass is 10.1. The SMILES string of the molecule is C[C@H](c1ccccc1)N(CC(=O)N1CCN(c2ccc(-c3ccccc3Cl)nn2)CC1)C(=O)c1ccccc1Cl. The molecule has 0 saturated carbocycles. The first-order valence-electron chi connectivity index (χ1n) is 13.1. The van der Waals surface area contributed by atoms with Crippen molar-refractivity contribution in [3.05, 3.63) is 112 Å². The maximum absolute atomic E-state index is 13.6. The topological polar surface area (TPSA) is 69.6 Å². The second kappa shape index (κ2) is 12.5. The zero-order valence-corrected chi connectivity index (χ0v) is 23.6. The zero-order chi connectivity index (χ0) is 28.1. The lowest BCUT2D eigenvalue weighted by Gasteiger charge is -2.37. The Hall–Kier alpha value is -3.94. The van der Waals surface area contributed by atoms with Crippen molar-refractivity contribution in [1.82, 2.24) is 20.0 Å². The van der Waals surface area contributed by atoms with Gasteiger partial charge in [-0.15, -0.1) is 10.2 Å². The Morgan fingerprint density at radius 2 is 1.45 bits per heavy atom.